The summed E-state index contributed by atoms with van der Waals surface area (Å²) in [6, 6.07) is 32.5. The second kappa shape index (κ2) is 12.7. The van der Waals surface area contributed by atoms with Crippen molar-refractivity contribution >= 4 is 11.6 Å². The topological polar surface area (TPSA) is 65.4 Å². The quantitative estimate of drug-likeness (QED) is 0.180. The van der Waals surface area contributed by atoms with Crippen molar-refractivity contribution in [2.75, 3.05) is 5.32 Å². The summed E-state index contributed by atoms with van der Waals surface area (Å²) in [5, 5.41) is 8.85. The first kappa shape index (κ1) is 32.4. The standard InChI is InChI=1S/C42H42FN3O3/c1-41(2,3)39-38-36(37-32(23-42(4,5)24-33(37)47)44-40(38)46(45-39)31-19-17-30(43)18-20-31)29-16-21-34(48-25-27-12-8-6-9-13-27)35(22-29)49-26-28-14-10-7-11-15-28/h6-22,36,44H,23-26H2,1-5H3. The summed E-state index contributed by atoms with van der Waals surface area (Å²) in [7, 11) is 0. The van der Waals surface area contributed by atoms with Gasteiger partial charge in [0.2, 0.25) is 0 Å². The average Bonchev–Trinajstić information content (AvgIpc) is 3.46. The third kappa shape index (κ3) is 6.62. The molecule has 0 bridgehead atoms. The van der Waals surface area contributed by atoms with E-state index in [1.165, 1.54) is 12.1 Å². The van der Waals surface area contributed by atoms with Gasteiger partial charge in [0, 0.05) is 34.6 Å². The molecule has 7 heteroatoms. The van der Waals surface area contributed by atoms with Crippen LogP contribution in [0.15, 0.2) is 114 Å². The number of aromatic nitrogens is 2. The van der Waals surface area contributed by atoms with Gasteiger partial charge < -0.3 is 14.8 Å². The number of fused-ring (bicyclic) bond motifs is 1. The number of nitrogens with one attached hydrogen (secondary N) is 1. The molecule has 250 valence electrons. The van der Waals surface area contributed by atoms with Crippen molar-refractivity contribution in [2.24, 2.45) is 5.41 Å². The van der Waals surface area contributed by atoms with Crippen LogP contribution in [0.25, 0.3) is 5.69 Å². The van der Waals surface area contributed by atoms with Crippen LogP contribution in [-0.2, 0) is 23.4 Å². The van der Waals surface area contributed by atoms with Crippen LogP contribution in [-0.4, -0.2) is 15.6 Å². The number of anilines is 1. The summed E-state index contributed by atoms with van der Waals surface area (Å²) in [6.45, 7) is 11.4. The maximum Gasteiger partial charge on any atom is 0.162 e. The highest BCUT2D eigenvalue weighted by molar-refractivity contribution is 6.01. The predicted molar refractivity (Wildman–Crippen MR) is 191 cm³/mol. The molecule has 49 heavy (non-hydrogen) atoms. The lowest BCUT2D eigenvalue weighted by molar-refractivity contribution is -0.118. The lowest BCUT2D eigenvalue weighted by atomic mass is 9.68. The smallest absolute Gasteiger partial charge is 0.162 e. The second-order valence-corrected chi connectivity index (χ2v) is 14.9. The molecule has 4 aromatic carbocycles. The van der Waals surface area contributed by atoms with E-state index in [9.17, 15) is 9.18 Å². The summed E-state index contributed by atoms with van der Waals surface area (Å²) in [6.07, 6.45) is 1.16. The van der Waals surface area contributed by atoms with Crippen molar-refractivity contribution in [3.05, 3.63) is 148 Å². The van der Waals surface area contributed by atoms with Crippen molar-refractivity contribution in [2.45, 2.75) is 72.0 Å². The van der Waals surface area contributed by atoms with Gasteiger partial charge in [0.25, 0.3) is 0 Å². The molecule has 2 aliphatic rings. The highest BCUT2D eigenvalue weighted by atomic mass is 19.1. The van der Waals surface area contributed by atoms with Gasteiger partial charge in [0.1, 0.15) is 24.8 Å². The molecular formula is C42H42FN3O3. The van der Waals surface area contributed by atoms with Crippen LogP contribution in [0.5, 0.6) is 11.5 Å². The number of hydrogen-bond acceptors (Lipinski definition) is 5. The van der Waals surface area contributed by atoms with Gasteiger partial charge in [-0.3, -0.25) is 4.79 Å². The Morgan fingerprint density at radius 1 is 0.837 bits per heavy atom. The number of ether oxygens (including phenoxy) is 2. The van der Waals surface area contributed by atoms with Crippen LogP contribution < -0.4 is 14.8 Å². The Morgan fingerprint density at radius 2 is 1.45 bits per heavy atom. The number of carbonyl (C=O) groups is 1. The van der Waals surface area contributed by atoms with Gasteiger partial charge in [0.15, 0.2) is 17.3 Å². The van der Waals surface area contributed by atoms with Crippen LogP contribution in [0.1, 0.15) is 81.3 Å². The first-order chi connectivity index (χ1) is 23.5. The van der Waals surface area contributed by atoms with Crippen LogP contribution in [0.3, 0.4) is 0 Å². The third-order valence-electron chi connectivity index (χ3n) is 9.25. The van der Waals surface area contributed by atoms with E-state index in [1.54, 1.807) is 12.1 Å². The molecule has 0 spiro atoms. The van der Waals surface area contributed by atoms with Gasteiger partial charge in [-0.05, 0) is 64.9 Å². The molecule has 5 aromatic rings. The number of carbonyl (C=O) groups excluding carboxylic acids is 1. The van der Waals surface area contributed by atoms with Gasteiger partial charge in [-0.15, -0.1) is 0 Å². The van der Waals surface area contributed by atoms with Gasteiger partial charge in [0.05, 0.1) is 11.4 Å². The summed E-state index contributed by atoms with van der Waals surface area (Å²) in [5.41, 5.74) is 6.65. The molecule has 1 unspecified atom stereocenters. The number of benzene rings is 4. The number of allylic oxidation sites excluding steroid dienone is 2. The zero-order valence-electron chi connectivity index (χ0n) is 28.7. The maximum atomic E-state index is 14.2. The third-order valence-corrected chi connectivity index (χ3v) is 9.25. The van der Waals surface area contributed by atoms with E-state index >= 15 is 0 Å². The predicted octanol–water partition coefficient (Wildman–Crippen LogP) is 9.67. The zero-order chi connectivity index (χ0) is 34.3. The molecule has 1 aliphatic heterocycles. The number of rotatable bonds is 8. The Morgan fingerprint density at radius 3 is 2.06 bits per heavy atom. The molecular weight excluding hydrogens is 613 g/mol. The first-order valence-electron chi connectivity index (χ1n) is 16.9. The van der Waals surface area contributed by atoms with Gasteiger partial charge >= 0.3 is 0 Å². The largest absolute Gasteiger partial charge is 0.485 e. The molecule has 0 saturated carbocycles. The average molecular weight is 656 g/mol. The highest BCUT2D eigenvalue weighted by Crippen LogP contribution is 2.52. The Kier molecular flexibility index (Phi) is 8.39. The maximum absolute atomic E-state index is 14.2. The second-order valence-electron chi connectivity index (χ2n) is 14.9. The van der Waals surface area contributed by atoms with E-state index in [0.717, 1.165) is 50.7 Å². The lowest BCUT2D eigenvalue weighted by Gasteiger charge is -2.39. The minimum atomic E-state index is -0.402. The van der Waals surface area contributed by atoms with E-state index in [0.29, 0.717) is 37.6 Å². The summed E-state index contributed by atoms with van der Waals surface area (Å²) in [5.74, 6) is 1.43. The monoisotopic (exact) mass is 655 g/mol. The van der Waals surface area contributed by atoms with E-state index in [4.69, 9.17) is 14.6 Å². The molecule has 1 N–H and O–H groups in total. The van der Waals surface area contributed by atoms with E-state index < -0.39 is 5.92 Å². The molecule has 0 radical (unpaired) electrons. The van der Waals surface area contributed by atoms with Crippen molar-refractivity contribution in [1.82, 2.24) is 9.78 Å². The molecule has 2 heterocycles. The summed E-state index contributed by atoms with van der Waals surface area (Å²) in [4.78, 5) is 14.2. The molecule has 7 rings (SSSR count). The normalized spacial score (nSPS) is 16.9. The Labute approximate surface area is 287 Å². The summed E-state index contributed by atoms with van der Waals surface area (Å²) < 4.78 is 28.8. The van der Waals surface area contributed by atoms with Crippen molar-refractivity contribution < 1.29 is 18.7 Å². The van der Waals surface area contributed by atoms with E-state index in [2.05, 4.69) is 46.0 Å². The molecule has 1 aromatic heterocycles. The summed E-state index contributed by atoms with van der Waals surface area (Å²) >= 11 is 0. The van der Waals surface area contributed by atoms with Crippen molar-refractivity contribution in [3.8, 4) is 17.2 Å². The molecule has 0 saturated heterocycles. The number of hydrogen-bond donors (Lipinski definition) is 1. The number of halogens is 1. The highest BCUT2D eigenvalue weighted by Gasteiger charge is 2.45. The molecule has 0 amide bonds. The van der Waals surface area contributed by atoms with Gasteiger partial charge in [-0.25, -0.2) is 9.07 Å². The van der Waals surface area contributed by atoms with Crippen LogP contribution in [0.2, 0.25) is 0 Å². The number of ketones is 1. The SMILES string of the molecule is CC1(C)CC(=O)C2=C(C1)Nc1c(c(C(C)(C)C)nn1-c1ccc(F)cc1)C2c1ccc(OCc2ccccc2)c(OCc2ccccc2)c1. The van der Waals surface area contributed by atoms with Crippen molar-refractivity contribution in [1.29, 1.82) is 0 Å². The molecule has 0 fully saturated rings. The molecule has 1 aliphatic carbocycles. The fraction of sp³-hybridized carbons (Fsp3) is 0.286. The van der Waals surface area contributed by atoms with E-state index in [-0.39, 0.29) is 22.4 Å². The Balaban J connectivity index is 1.39. The van der Waals surface area contributed by atoms with Crippen molar-refractivity contribution in [3.63, 3.8) is 0 Å². The Hall–Kier alpha value is -5.17. The Bertz CT molecular complexity index is 2020. The lowest BCUT2D eigenvalue weighted by Crippen LogP contribution is -2.34. The minimum absolute atomic E-state index is 0.125. The fourth-order valence-electron chi connectivity index (χ4n) is 6.96. The van der Waals surface area contributed by atoms with Crippen LogP contribution in [0, 0.1) is 11.2 Å². The number of Topliss-reactive ketones (excluding diaryl/α,β-unsaturated/α-hetero) is 1. The number of nitrogens with zero attached hydrogens (tertiary/aromatic N) is 2. The zero-order valence-corrected chi connectivity index (χ0v) is 28.7. The van der Waals surface area contributed by atoms with Gasteiger partial charge in [-0.2, -0.15) is 5.10 Å². The minimum Gasteiger partial charge on any atom is -0.485 e. The molecule has 6 nitrogen and oxygen atoms in total. The van der Waals surface area contributed by atoms with Crippen LogP contribution in [0.4, 0.5) is 10.2 Å². The van der Waals surface area contributed by atoms with E-state index in [1.807, 2.05) is 77.5 Å². The van der Waals surface area contributed by atoms with Gasteiger partial charge in [-0.1, -0.05) is 101 Å². The molecule has 1 atom stereocenters. The van der Waals surface area contributed by atoms with Crippen LogP contribution >= 0.6 is 0 Å². The fourth-order valence-corrected chi connectivity index (χ4v) is 6.96. The first-order valence-corrected chi connectivity index (χ1v) is 16.9.